The number of hydrogen-bond acceptors (Lipinski definition) is 3. The van der Waals surface area contributed by atoms with E-state index in [1.165, 1.54) is 0 Å². The van der Waals surface area contributed by atoms with Crippen LogP contribution in [0.3, 0.4) is 0 Å². The number of nitrogens with zero attached hydrogens (tertiary/aromatic N) is 2. The lowest BCUT2D eigenvalue weighted by molar-refractivity contribution is -0.116. The zero-order chi connectivity index (χ0) is 21.1. The molecule has 1 amide bonds. The molecule has 1 heterocycles. The van der Waals surface area contributed by atoms with E-state index in [0.29, 0.717) is 22.9 Å². The highest BCUT2D eigenvalue weighted by Crippen LogP contribution is 2.16. The van der Waals surface area contributed by atoms with Crippen molar-refractivity contribution in [1.82, 2.24) is 9.89 Å². The number of carbonyl (C=O) groups is 1. The summed E-state index contributed by atoms with van der Waals surface area (Å²) >= 11 is 0. The molecule has 4 aromatic rings. The summed E-state index contributed by atoms with van der Waals surface area (Å²) in [7, 11) is 0. The quantitative estimate of drug-likeness (QED) is 0.552. The molecule has 0 spiro atoms. The Hall–Kier alpha value is -3.87. The number of benzene rings is 3. The van der Waals surface area contributed by atoms with Gasteiger partial charge in [0, 0.05) is 17.9 Å². The van der Waals surface area contributed by atoms with Crippen molar-refractivity contribution in [2.24, 2.45) is 0 Å². The molecule has 1 aromatic heterocycles. The molecule has 0 bridgehead atoms. The topological polar surface area (TPSA) is 64.0 Å². The van der Waals surface area contributed by atoms with Gasteiger partial charge in [-0.1, -0.05) is 48.5 Å². The van der Waals surface area contributed by atoms with Crippen LogP contribution in [0.2, 0.25) is 0 Å². The number of hydrogen-bond donors (Lipinski definition) is 1. The SMILES string of the molecule is O=C(Cc1cc(F)cc(F)c1)Nn1nc(Cc2ccccc2)c2ccccc2c1=O. The lowest BCUT2D eigenvalue weighted by Gasteiger charge is -2.12. The smallest absolute Gasteiger partial charge is 0.273 e. The van der Waals surface area contributed by atoms with Gasteiger partial charge >= 0.3 is 0 Å². The van der Waals surface area contributed by atoms with E-state index in [9.17, 15) is 18.4 Å². The highest BCUT2D eigenvalue weighted by molar-refractivity contribution is 5.87. The molecule has 5 nitrogen and oxygen atoms in total. The lowest BCUT2D eigenvalue weighted by atomic mass is 10.0. The molecule has 0 fully saturated rings. The van der Waals surface area contributed by atoms with Crippen LogP contribution in [0.4, 0.5) is 8.78 Å². The number of aromatic nitrogens is 2. The summed E-state index contributed by atoms with van der Waals surface area (Å²) in [5, 5.41) is 5.45. The Kier molecular flexibility index (Phi) is 5.34. The van der Waals surface area contributed by atoms with Crippen molar-refractivity contribution >= 4 is 16.7 Å². The van der Waals surface area contributed by atoms with E-state index in [0.717, 1.165) is 28.6 Å². The maximum Gasteiger partial charge on any atom is 0.294 e. The summed E-state index contributed by atoms with van der Waals surface area (Å²) in [4.78, 5) is 26.1. The zero-order valence-electron chi connectivity index (χ0n) is 15.8. The van der Waals surface area contributed by atoms with E-state index in [2.05, 4.69) is 10.5 Å². The second kappa shape index (κ2) is 8.24. The summed E-state index contributed by atoms with van der Waals surface area (Å²) in [5.74, 6) is -2.16. The van der Waals surface area contributed by atoms with E-state index in [1.54, 1.807) is 12.1 Å². The van der Waals surface area contributed by atoms with Crippen LogP contribution < -0.4 is 11.0 Å². The van der Waals surface area contributed by atoms with Gasteiger partial charge in [0.15, 0.2) is 0 Å². The number of fused-ring (bicyclic) bond motifs is 1. The minimum absolute atomic E-state index is 0.156. The van der Waals surface area contributed by atoms with Crippen molar-refractivity contribution in [3.63, 3.8) is 0 Å². The first kappa shape index (κ1) is 19.4. The molecule has 0 unspecified atom stereocenters. The number of amides is 1. The van der Waals surface area contributed by atoms with Gasteiger partial charge in [0.2, 0.25) is 5.91 Å². The molecule has 30 heavy (non-hydrogen) atoms. The Morgan fingerprint density at radius 1 is 0.867 bits per heavy atom. The molecule has 0 radical (unpaired) electrons. The van der Waals surface area contributed by atoms with Crippen molar-refractivity contribution < 1.29 is 13.6 Å². The van der Waals surface area contributed by atoms with Gasteiger partial charge in [-0.2, -0.15) is 5.10 Å². The van der Waals surface area contributed by atoms with Gasteiger partial charge in [0.25, 0.3) is 5.56 Å². The van der Waals surface area contributed by atoms with Crippen molar-refractivity contribution in [1.29, 1.82) is 0 Å². The molecule has 7 heteroatoms. The van der Waals surface area contributed by atoms with Crippen LogP contribution in [0.5, 0.6) is 0 Å². The fourth-order valence-corrected chi connectivity index (χ4v) is 3.31. The highest BCUT2D eigenvalue weighted by Gasteiger charge is 2.14. The van der Waals surface area contributed by atoms with E-state index in [4.69, 9.17) is 0 Å². The van der Waals surface area contributed by atoms with E-state index < -0.39 is 23.1 Å². The Morgan fingerprint density at radius 2 is 1.50 bits per heavy atom. The molecule has 0 saturated carbocycles. The fraction of sp³-hybridized carbons (Fsp3) is 0.0870. The largest absolute Gasteiger partial charge is 0.294 e. The Bertz CT molecular complexity index is 1270. The van der Waals surface area contributed by atoms with Gasteiger partial charge in [0.05, 0.1) is 17.5 Å². The fourth-order valence-electron chi connectivity index (χ4n) is 3.31. The zero-order valence-corrected chi connectivity index (χ0v) is 15.8. The van der Waals surface area contributed by atoms with Crippen LogP contribution in [0.25, 0.3) is 10.8 Å². The third-order valence-electron chi connectivity index (χ3n) is 4.61. The van der Waals surface area contributed by atoms with E-state index in [1.807, 2.05) is 42.5 Å². The van der Waals surface area contributed by atoms with Crippen molar-refractivity contribution in [2.45, 2.75) is 12.8 Å². The second-order valence-electron chi connectivity index (χ2n) is 6.86. The summed E-state index contributed by atoms with van der Waals surface area (Å²) in [6, 6.07) is 19.5. The first-order valence-electron chi connectivity index (χ1n) is 9.29. The maximum absolute atomic E-state index is 13.4. The van der Waals surface area contributed by atoms with E-state index >= 15 is 0 Å². The van der Waals surface area contributed by atoms with Crippen molar-refractivity contribution in [2.75, 3.05) is 5.43 Å². The summed E-state index contributed by atoms with van der Waals surface area (Å²) in [6.07, 6.45) is 0.163. The van der Waals surface area contributed by atoms with Crippen LogP contribution >= 0.6 is 0 Å². The Morgan fingerprint density at radius 3 is 2.20 bits per heavy atom. The molecule has 3 aromatic carbocycles. The van der Waals surface area contributed by atoms with Crippen molar-refractivity contribution in [3.8, 4) is 0 Å². The number of carbonyl (C=O) groups excluding carboxylic acids is 1. The first-order valence-corrected chi connectivity index (χ1v) is 9.29. The third kappa shape index (κ3) is 4.25. The minimum atomic E-state index is -0.774. The Labute approximate surface area is 170 Å². The molecule has 0 aliphatic rings. The second-order valence-corrected chi connectivity index (χ2v) is 6.86. The molecule has 0 aliphatic heterocycles. The third-order valence-corrected chi connectivity index (χ3v) is 4.61. The molecule has 150 valence electrons. The van der Waals surface area contributed by atoms with Crippen LogP contribution in [0.1, 0.15) is 16.8 Å². The Balaban J connectivity index is 1.67. The van der Waals surface area contributed by atoms with Crippen LogP contribution in [0.15, 0.2) is 77.6 Å². The molecule has 4 rings (SSSR count). The van der Waals surface area contributed by atoms with Gasteiger partial charge in [-0.3, -0.25) is 9.59 Å². The average Bonchev–Trinajstić information content (AvgIpc) is 2.71. The number of halogens is 2. The lowest BCUT2D eigenvalue weighted by Crippen LogP contribution is -2.36. The molecule has 0 aliphatic carbocycles. The van der Waals surface area contributed by atoms with E-state index in [-0.39, 0.29) is 12.0 Å². The predicted octanol–water partition coefficient (Wildman–Crippen LogP) is 3.58. The van der Waals surface area contributed by atoms with Crippen LogP contribution in [-0.4, -0.2) is 15.8 Å². The van der Waals surface area contributed by atoms with Gasteiger partial charge in [0.1, 0.15) is 11.6 Å². The predicted molar refractivity (Wildman–Crippen MR) is 110 cm³/mol. The summed E-state index contributed by atoms with van der Waals surface area (Å²) in [5.41, 5.74) is 3.72. The monoisotopic (exact) mass is 405 g/mol. The number of rotatable bonds is 5. The summed E-state index contributed by atoms with van der Waals surface area (Å²) < 4.78 is 26.7. The van der Waals surface area contributed by atoms with Gasteiger partial charge in [-0.15, -0.1) is 4.79 Å². The normalized spacial score (nSPS) is 10.9. The number of nitrogens with one attached hydrogen (secondary N) is 1. The van der Waals surface area contributed by atoms with Crippen LogP contribution in [-0.2, 0) is 17.6 Å². The maximum atomic E-state index is 13.4. The molecule has 0 saturated heterocycles. The molecular formula is C23H17F2N3O2. The highest BCUT2D eigenvalue weighted by atomic mass is 19.1. The van der Waals surface area contributed by atoms with Gasteiger partial charge in [-0.25, -0.2) is 14.2 Å². The molecule has 1 N–H and O–H groups in total. The van der Waals surface area contributed by atoms with Crippen molar-refractivity contribution in [3.05, 3.63) is 112 Å². The average molecular weight is 405 g/mol. The first-order chi connectivity index (χ1) is 14.5. The standard InChI is InChI=1S/C23H17F2N3O2/c24-17-10-16(11-18(25)14-17)13-22(29)27-28-23(30)20-9-5-4-8-19(20)21(26-28)12-15-6-2-1-3-7-15/h1-11,14H,12-13H2,(H,27,29). The van der Waals surface area contributed by atoms with Gasteiger partial charge < -0.3 is 0 Å². The minimum Gasteiger partial charge on any atom is -0.273 e. The molecule has 0 atom stereocenters. The summed E-state index contributed by atoms with van der Waals surface area (Å²) in [6.45, 7) is 0. The van der Waals surface area contributed by atoms with Gasteiger partial charge in [-0.05, 0) is 29.3 Å². The van der Waals surface area contributed by atoms with Crippen LogP contribution in [0, 0.1) is 11.6 Å². The molecular weight excluding hydrogens is 388 g/mol.